The van der Waals surface area contributed by atoms with Crippen LogP contribution in [-0.2, 0) is 0 Å². The topological polar surface area (TPSA) is 43.8 Å². The van der Waals surface area contributed by atoms with Gasteiger partial charge in [-0.25, -0.2) is 9.66 Å². The molecule has 13 heavy (non-hydrogen) atoms. The van der Waals surface area contributed by atoms with Crippen molar-refractivity contribution in [2.45, 2.75) is 10.1 Å². The highest BCUT2D eigenvalue weighted by molar-refractivity contribution is 7.99. The van der Waals surface area contributed by atoms with E-state index in [-0.39, 0.29) is 0 Å². The lowest BCUT2D eigenvalue weighted by Crippen LogP contribution is -2.07. The van der Waals surface area contributed by atoms with Crippen LogP contribution in [0.4, 0.5) is 0 Å². The maximum Gasteiger partial charge on any atom is 0.191 e. The van der Waals surface area contributed by atoms with E-state index in [0.29, 0.717) is 0 Å². The first kappa shape index (κ1) is 8.19. The third kappa shape index (κ3) is 1.84. The summed E-state index contributed by atoms with van der Waals surface area (Å²) in [6.07, 6.45) is 3.41. The van der Waals surface area contributed by atoms with Crippen LogP contribution in [0.15, 0.2) is 52.8 Å². The molecule has 0 atom stereocenters. The molecule has 2 N–H and O–H groups in total. The maximum absolute atomic E-state index is 5.62. The summed E-state index contributed by atoms with van der Waals surface area (Å²) in [5.74, 6) is 5.62. The quantitative estimate of drug-likeness (QED) is 0.735. The molecule has 3 nitrogen and oxygen atoms in total. The van der Waals surface area contributed by atoms with Gasteiger partial charge in [-0.05, 0) is 23.9 Å². The highest BCUT2D eigenvalue weighted by Gasteiger charge is 2.00. The predicted molar refractivity (Wildman–Crippen MR) is 52.9 cm³/mol. The van der Waals surface area contributed by atoms with Crippen molar-refractivity contribution in [3.8, 4) is 0 Å². The number of imidazole rings is 1. The molecule has 2 aromatic rings. The molecule has 0 radical (unpaired) electrons. The van der Waals surface area contributed by atoms with Crippen LogP contribution in [-0.4, -0.2) is 9.66 Å². The van der Waals surface area contributed by atoms with Gasteiger partial charge in [-0.1, -0.05) is 18.2 Å². The lowest BCUT2D eigenvalue weighted by atomic mass is 10.4. The summed E-state index contributed by atoms with van der Waals surface area (Å²) >= 11 is 1.55. The maximum atomic E-state index is 5.62. The van der Waals surface area contributed by atoms with E-state index >= 15 is 0 Å². The summed E-state index contributed by atoms with van der Waals surface area (Å²) in [7, 11) is 0. The van der Waals surface area contributed by atoms with Gasteiger partial charge >= 0.3 is 0 Å². The number of nitrogens with zero attached hydrogens (tertiary/aromatic N) is 2. The normalized spacial score (nSPS) is 10.2. The van der Waals surface area contributed by atoms with Crippen LogP contribution >= 0.6 is 11.8 Å². The van der Waals surface area contributed by atoms with Crippen molar-refractivity contribution in [3.05, 3.63) is 42.7 Å². The summed E-state index contributed by atoms with van der Waals surface area (Å²) < 4.78 is 1.51. The second kappa shape index (κ2) is 3.53. The molecule has 4 heteroatoms. The monoisotopic (exact) mass is 191 g/mol. The van der Waals surface area contributed by atoms with Crippen LogP contribution in [0.5, 0.6) is 0 Å². The van der Waals surface area contributed by atoms with Crippen molar-refractivity contribution >= 4 is 11.8 Å². The van der Waals surface area contributed by atoms with Crippen molar-refractivity contribution in [3.63, 3.8) is 0 Å². The number of hydrogen-bond acceptors (Lipinski definition) is 3. The highest BCUT2D eigenvalue weighted by Crippen LogP contribution is 2.24. The Morgan fingerprint density at radius 2 is 2.00 bits per heavy atom. The first-order chi connectivity index (χ1) is 6.36. The van der Waals surface area contributed by atoms with Crippen LogP contribution in [0.2, 0.25) is 0 Å². The summed E-state index contributed by atoms with van der Waals surface area (Å²) in [4.78, 5) is 5.25. The van der Waals surface area contributed by atoms with E-state index in [1.165, 1.54) is 4.68 Å². The number of nitrogen functional groups attached to an aromatic ring is 1. The van der Waals surface area contributed by atoms with Gasteiger partial charge in [0.1, 0.15) is 0 Å². The Bertz CT molecular complexity index is 383. The van der Waals surface area contributed by atoms with Crippen LogP contribution in [0.3, 0.4) is 0 Å². The average molecular weight is 191 g/mol. The summed E-state index contributed by atoms with van der Waals surface area (Å²) in [6, 6.07) is 10.0. The molecule has 1 aromatic heterocycles. The Labute approximate surface area is 80.6 Å². The van der Waals surface area contributed by atoms with Gasteiger partial charge in [0.25, 0.3) is 0 Å². The van der Waals surface area contributed by atoms with Crippen LogP contribution in [0, 0.1) is 0 Å². The Morgan fingerprint density at radius 1 is 1.23 bits per heavy atom. The summed E-state index contributed by atoms with van der Waals surface area (Å²) in [5, 5.41) is 0.797. The van der Waals surface area contributed by atoms with E-state index in [1.807, 2.05) is 30.3 Å². The molecule has 1 heterocycles. The summed E-state index contributed by atoms with van der Waals surface area (Å²) in [6.45, 7) is 0. The third-order valence-electron chi connectivity index (χ3n) is 1.59. The smallest absolute Gasteiger partial charge is 0.191 e. The van der Waals surface area contributed by atoms with Crippen molar-refractivity contribution in [1.29, 1.82) is 0 Å². The van der Waals surface area contributed by atoms with Crippen LogP contribution in [0.1, 0.15) is 0 Å². The van der Waals surface area contributed by atoms with Gasteiger partial charge in [0, 0.05) is 17.3 Å². The number of benzene rings is 1. The fourth-order valence-corrected chi connectivity index (χ4v) is 1.76. The minimum Gasteiger partial charge on any atom is -0.337 e. The molecule has 0 aliphatic heterocycles. The number of nitrogens with two attached hydrogens (primary N) is 1. The molecule has 2 rings (SSSR count). The van der Waals surface area contributed by atoms with E-state index in [9.17, 15) is 0 Å². The van der Waals surface area contributed by atoms with Crippen molar-refractivity contribution in [2.75, 3.05) is 5.84 Å². The van der Waals surface area contributed by atoms with Crippen molar-refractivity contribution in [2.24, 2.45) is 0 Å². The zero-order valence-electron chi connectivity index (χ0n) is 6.92. The SMILES string of the molecule is Nn1ccnc1Sc1ccccc1. The van der Waals surface area contributed by atoms with Crippen molar-refractivity contribution < 1.29 is 0 Å². The second-order valence-corrected chi connectivity index (χ2v) is 3.57. The molecular weight excluding hydrogens is 182 g/mol. The Balaban J connectivity index is 2.20. The first-order valence-electron chi connectivity index (χ1n) is 3.87. The Kier molecular flexibility index (Phi) is 2.23. The minimum atomic E-state index is 0.797. The fraction of sp³-hybridized carbons (Fsp3) is 0. The zero-order chi connectivity index (χ0) is 9.10. The van der Waals surface area contributed by atoms with E-state index in [0.717, 1.165) is 10.1 Å². The summed E-state index contributed by atoms with van der Waals surface area (Å²) in [5.41, 5.74) is 0. The zero-order valence-corrected chi connectivity index (χ0v) is 7.74. The van der Waals surface area contributed by atoms with Gasteiger partial charge in [-0.2, -0.15) is 0 Å². The Morgan fingerprint density at radius 3 is 2.62 bits per heavy atom. The van der Waals surface area contributed by atoms with Crippen LogP contribution < -0.4 is 5.84 Å². The molecule has 0 spiro atoms. The molecule has 1 aromatic carbocycles. The molecule has 0 aliphatic carbocycles. The van der Waals surface area contributed by atoms with Gasteiger partial charge in [-0.3, -0.25) is 0 Å². The lowest BCUT2D eigenvalue weighted by molar-refractivity contribution is 0.851. The molecule has 0 unspecified atom stereocenters. The van der Waals surface area contributed by atoms with Gasteiger partial charge in [0.15, 0.2) is 5.16 Å². The van der Waals surface area contributed by atoms with Crippen molar-refractivity contribution in [1.82, 2.24) is 9.66 Å². The number of rotatable bonds is 2. The molecule has 0 saturated carbocycles. The highest BCUT2D eigenvalue weighted by atomic mass is 32.2. The molecule has 0 fully saturated rings. The van der Waals surface area contributed by atoms with Gasteiger partial charge < -0.3 is 5.84 Å². The number of hydrogen-bond donors (Lipinski definition) is 1. The third-order valence-corrected chi connectivity index (χ3v) is 2.59. The average Bonchev–Trinajstić information content (AvgIpc) is 2.54. The minimum absolute atomic E-state index is 0.797. The first-order valence-corrected chi connectivity index (χ1v) is 4.69. The van der Waals surface area contributed by atoms with Crippen LogP contribution in [0.25, 0.3) is 0 Å². The van der Waals surface area contributed by atoms with E-state index in [2.05, 4.69) is 4.98 Å². The lowest BCUT2D eigenvalue weighted by Gasteiger charge is -1.99. The molecule has 0 amide bonds. The van der Waals surface area contributed by atoms with Gasteiger partial charge in [0.2, 0.25) is 0 Å². The Hall–Kier alpha value is -1.42. The van der Waals surface area contributed by atoms with E-state index in [1.54, 1.807) is 24.2 Å². The fourth-order valence-electron chi connectivity index (χ4n) is 0.972. The molecule has 66 valence electrons. The predicted octanol–water partition coefficient (Wildman–Crippen LogP) is 1.75. The molecule has 0 saturated heterocycles. The number of aromatic nitrogens is 2. The van der Waals surface area contributed by atoms with Gasteiger partial charge in [-0.15, -0.1) is 0 Å². The largest absolute Gasteiger partial charge is 0.337 e. The molecular formula is C9H9N3S. The van der Waals surface area contributed by atoms with Gasteiger partial charge in [0.05, 0.1) is 0 Å². The van der Waals surface area contributed by atoms with E-state index in [4.69, 9.17) is 5.84 Å². The molecule has 0 bridgehead atoms. The standard InChI is InChI=1S/C9H9N3S/c10-12-7-6-11-9(12)13-8-4-2-1-3-5-8/h1-7H,10H2. The van der Waals surface area contributed by atoms with E-state index < -0.39 is 0 Å². The second-order valence-electron chi connectivity index (χ2n) is 2.53. The molecule has 0 aliphatic rings.